The molecule has 2 N–H and O–H groups in total. The van der Waals surface area contributed by atoms with E-state index in [4.69, 9.17) is 18.0 Å². The van der Waals surface area contributed by atoms with E-state index < -0.39 is 0 Å². The number of thiocarbonyl (C=S) groups is 1. The lowest BCUT2D eigenvalue weighted by Gasteiger charge is -2.16. The van der Waals surface area contributed by atoms with E-state index in [1.54, 1.807) is 11.3 Å². The SMILES string of the molecule is CN(Cc1ccc(C(N)=S)cc1)Cc1ccsc1. The van der Waals surface area contributed by atoms with Gasteiger partial charge in [0, 0.05) is 18.7 Å². The minimum Gasteiger partial charge on any atom is -0.389 e. The van der Waals surface area contributed by atoms with Crippen LogP contribution in [0.3, 0.4) is 0 Å². The normalized spacial score (nSPS) is 10.8. The van der Waals surface area contributed by atoms with Crippen LogP contribution in [0.1, 0.15) is 16.7 Å². The average molecular weight is 276 g/mol. The molecule has 2 rings (SSSR count). The summed E-state index contributed by atoms with van der Waals surface area (Å²) in [6, 6.07) is 10.3. The second kappa shape index (κ2) is 6.09. The van der Waals surface area contributed by atoms with E-state index >= 15 is 0 Å². The highest BCUT2D eigenvalue weighted by Gasteiger charge is 2.03. The van der Waals surface area contributed by atoms with E-state index in [0.717, 1.165) is 18.7 Å². The average Bonchev–Trinajstić information content (AvgIpc) is 2.82. The fourth-order valence-corrected chi connectivity index (χ4v) is 2.63. The van der Waals surface area contributed by atoms with Gasteiger partial charge in [-0.2, -0.15) is 11.3 Å². The predicted octanol–water partition coefficient (Wildman–Crippen LogP) is 3.01. The molecular formula is C14H16N2S2. The molecule has 0 amide bonds. The van der Waals surface area contributed by atoms with E-state index in [1.807, 2.05) is 12.1 Å². The molecule has 1 heterocycles. The van der Waals surface area contributed by atoms with E-state index in [2.05, 4.69) is 40.9 Å². The van der Waals surface area contributed by atoms with Crippen molar-refractivity contribution in [2.45, 2.75) is 13.1 Å². The summed E-state index contributed by atoms with van der Waals surface area (Å²) in [5.41, 5.74) is 9.14. The molecule has 0 spiro atoms. The van der Waals surface area contributed by atoms with Crippen LogP contribution in [0.25, 0.3) is 0 Å². The van der Waals surface area contributed by atoms with Gasteiger partial charge in [0.1, 0.15) is 4.99 Å². The largest absolute Gasteiger partial charge is 0.389 e. The minimum absolute atomic E-state index is 0.452. The number of nitrogens with zero attached hydrogens (tertiary/aromatic N) is 1. The summed E-state index contributed by atoms with van der Waals surface area (Å²) in [4.78, 5) is 2.74. The zero-order chi connectivity index (χ0) is 13.0. The molecule has 0 saturated carbocycles. The molecule has 2 nitrogen and oxygen atoms in total. The van der Waals surface area contributed by atoms with Gasteiger partial charge in [-0.1, -0.05) is 36.5 Å². The fraction of sp³-hybridized carbons (Fsp3) is 0.214. The van der Waals surface area contributed by atoms with E-state index in [0.29, 0.717) is 4.99 Å². The first-order chi connectivity index (χ1) is 8.65. The van der Waals surface area contributed by atoms with E-state index in [1.165, 1.54) is 11.1 Å². The van der Waals surface area contributed by atoms with Crippen molar-refractivity contribution in [2.24, 2.45) is 5.73 Å². The first kappa shape index (κ1) is 13.2. The van der Waals surface area contributed by atoms with Crippen molar-refractivity contribution < 1.29 is 0 Å². The first-order valence-electron chi connectivity index (χ1n) is 5.73. The Hall–Kier alpha value is -1.23. The third-order valence-electron chi connectivity index (χ3n) is 2.72. The van der Waals surface area contributed by atoms with Crippen LogP contribution in [0, 0.1) is 0 Å². The molecule has 4 heteroatoms. The topological polar surface area (TPSA) is 29.3 Å². The van der Waals surface area contributed by atoms with Crippen LogP contribution in [-0.2, 0) is 13.1 Å². The Morgan fingerprint density at radius 2 is 1.83 bits per heavy atom. The van der Waals surface area contributed by atoms with Crippen molar-refractivity contribution in [3.8, 4) is 0 Å². The van der Waals surface area contributed by atoms with Crippen molar-refractivity contribution in [3.05, 3.63) is 57.8 Å². The van der Waals surface area contributed by atoms with Gasteiger partial charge in [0.15, 0.2) is 0 Å². The Bertz CT molecular complexity index is 503. The van der Waals surface area contributed by atoms with Gasteiger partial charge < -0.3 is 5.73 Å². The van der Waals surface area contributed by atoms with Crippen LogP contribution < -0.4 is 5.73 Å². The molecular weight excluding hydrogens is 260 g/mol. The van der Waals surface area contributed by atoms with Crippen LogP contribution in [0.2, 0.25) is 0 Å². The van der Waals surface area contributed by atoms with Crippen LogP contribution in [-0.4, -0.2) is 16.9 Å². The number of nitrogens with two attached hydrogens (primary N) is 1. The molecule has 0 radical (unpaired) electrons. The number of rotatable bonds is 5. The van der Waals surface area contributed by atoms with Gasteiger partial charge in [-0.15, -0.1) is 0 Å². The third kappa shape index (κ3) is 3.63. The fourth-order valence-electron chi connectivity index (χ4n) is 1.84. The Balaban J connectivity index is 1.94. The quantitative estimate of drug-likeness (QED) is 0.851. The number of hydrogen-bond donors (Lipinski definition) is 1. The Morgan fingerprint density at radius 1 is 1.17 bits per heavy atom. The lowest BCUT2D eigenvalue weighted by atomic mass is 10.1. The van der Waals surface area contributed by atoms with E-state index in [9.17, 15) is 0 Å². The zero-order valence-electron chi connectivity index (χ0n) is 10.3. The highest BCUT2D eigenvalue weighted by atomic mass is 32.1. The van der Waals surface area contributed by atoms with Crippen molar-refractivity contribution in [1.82, 2.24) is 4.90 Å². The minimum atomic E-state index is 0.452. The molecule has 2 aromatic rings. The summed E-state index contributed by atoms with van der Waals surface area (Å²) in [5.74, 6) is 0. The second-order valence-corrected chi connectivity index (χ2v) is 5.58. The summed E-state index contributed by atoms with van der Waals surface area (Å²) in [6.07, 6.45) is 0. The van der Waals surface area contributed by atoms with Crippen LogP contribution >= 0.6 is 23.6 Å². The maximum Gasteiger partial charge on any atom is 0.103 e. The van der Waals surface area contributed by atoms with E-state index in [-0.39, 0.29) is 0 Å². The highest BCUT2D eigenvalue weighted by Crippen LogP contribution is 2.11. The molecule has 94 valence electrons. The Kier molecular flexibility index (Phi) is 4.47. The molecule has 18 heavy (non-hydrogen) atoms. The molecule has 0 fully saturated rings. The van der Waals surface area contributed by atoms with Gasteiger partial charge >= 0.3 is 0 Å². The highest BCUT2D eigenvalue weighted by molar-refractivity contribution is 7.80. The number of thiophene rings is 1. The molecule has 0 aliphatic carbocycles. The van der Waals surface area contributed by atoms with Crippen molar-refractivity contribution in [3.63, 3.8) is 0 Å². The number of benzene rings is 1. The van der Waals surface area contributed by atoms with Crippen molar-refractivity contribution in [2.75, 3.05) is 7.05 Å². The van der Waals surface area contributed by atoms with Gasteiger partial charge in [0.25, 0.3) is 0 Å². The van der Waals surface area contributed by atoms with Gasteiger partial charge in [0.2, 0.25) is 0 Å². The lowest BCUT2D eigenvalue weighted by Crippen LogP contribution is -2.17. The van der Waals surface area contributed by atoms with Gasteiger partial charge in [-0.3, -0.25) is 4.90 Å². The maximum atomic E-state index is 5.58. The van der Waals surface area contributed by atoms with Crippen LogP contribution in [0.5, 0.6) is 0 Å². The zero-order valence-corrected chi connectivity index (χ0v) is 11.9. The molecule has 0 aliphatic rings. The molecule has 1 aromatic carbocycles. The maximum absolute atomic E-state index is 5.58. The van der Waals surface area contributed by atoms with Crippen molar-refractivity contribution in [1.29, 1.82) is 0 Å². The summed E-state index contributed by atoms with van der Waals surface area (Å²) in [5, 5.41) is 4.30. The molecule has 0 bridgehead atoms. The Labute approximate surface area is 117 Å². The lowest BCUT2D eigenvalue weighted by molar-refractivity contribution is 0.319. The molecule has 0 saturated heterocycles. The summed E-state index contributed by atoms with van der Waals surface area (Å²) in [6.45, 7) is 1.90. The van der Waals surface area contributed by atoms with Gasteiger partial charge in [-0.25, -0.2) is 0 Å². The van der Waals surface area contributed by atoms with Crippen molar-refractivity contribution >= 4 is 28.5 Å². The smallest absolute Gasteiger partial charge is 0.103 e. The third-order valence-corrected chi connectivity index (χ3v) is 3.69. The van der Waals surface area contributed by atoms with Crippen LogP contribution in [0.4, 0.5) is 0 Å². The summed E-state index contributed by atoms with van der Waals surface area (Å²) >= 11 is 6.68. The molecule has 1 aromatic heterocycles. The number of hydrogen-bond acceptors (Lipinski definition) is 3. The second-order valence-electron chi connectivity index (χ2n) is 4.37. The standard InChI is InChI=1S/C14H16N2S2/c1-16(9-12-6-7-18-10-12)8-11-2-4-13(5-3-11)14(15)17/h2-7,10H,8-9H2,1H3,(H2,15,17). The summed E-state index contributed by atoms with van der Waals surface area (Å²) < 4.78 is 0. The summed E-state index contributed by atoms with van der Waals surface area (Å²) in [7, 11) is 2.12. The van der Waals surface area contributed by atoms with Gasteiger partial charge in [0.05, 0.1) is 0 Å². The van der Waals surface area contributed by atoms with Gasteiger partial charge in [-0.05, 0) is 35.0 Å². The molecule has 0 unspecified atom stereocenters. The molecule has 0 atom stereocenters. The Morgan fingerprint density at radius 3 is 2.39 bits per heavy atom. The van der Waals surface area contributed by atoms with Crippen LogP contribution in [0.15, 0.2) is 41.1 Å². The first-order valence-corrected chi connectivity index (χ1v) is 7.08. The molecule has 0 aliphatic heterocycles. The monoisotopic (exact) mass is 276 g/mol. The predicted molar refractivity (Wildman–Crippen MR) is 81.8 cm³/mol.